The highest BCUT2D eigenvalue weighted by atomic mass is 35.5. The molecule has 0 bridgehead atoms. The van der Waals surface area contributed by atoms with E-state index in [0.29, 0.717) is 23.4 Å². The van der Waals surface area contributed by atoms with E-state index >= 15 is 0 Å². The van der Waals surface area contributed by atoms with E-state index in [9.17, 15) is 9.90 Å². The van der Waals surface area contributed by atoms with Crippen molar-refractivity contribution in [2.24, 2.45) is 5.92 Å². The molecular formula is C11H13ClO3. The van der Waals surface area contributed by atoms with Crippen molar-refractivity contribution in [1.29, 1.82) is 0 Å². The van der Waals surface area contributed by atoms with Gasteiger partial charge in [0, 0.05) is 5.02 Å². The van der Waals surface area contributed by atoms with Crippen LogP contribution in [0.2, 0.25) is 5.02 Å². The molecule has 0 saturated heterocycles. The topological polar surface area (TPSA) is 57.5 Å². The maximum atomic E-state index is 10.6. The number of hydrogen-bond donors (Lipinski definition) is 2. The number of carboxylic acid groups (broad SMARTS) is 1. The fourth-order valence-corrected chi connectivity index (χ4v) is 1.44. The predicted octanol–water partition coefficient (Wildman–Crippen LogP) is 2.70. The number of carboxylic acids is 1. The first-order chi connectivity index (χ1) is 7.00. The molecule has 0 aromatic heterocycles. The van der Waals surface area contributed by atoms with Crippen molar-refractivity contribution >= 4 is 17.6 Å². The minimum absolute atomic E-state index is 0.164. The third-order valence-corrected chi connectivity index (χ3v) is 2.54. The molecule has 0 radical (unpaired) electrons. The molecule has 1 unspecified atom stereocenters. The van der Waals surface area contributed by atoms with E-state index < -0.39 is 11.9 Å². The standard InChI is InChI=1S/C11H13ClO3/c1-7(11(14)15)2-3-8-6-9(12)4-5-10(8)13/h4-7,13H,2-3H2,1H3,(H,14,15). The fraction of sp³-hybridized carbons (Fsp3) is 0.364. The smallest absolute Gasteiger partial charge is 0.306 e. The van der Waals surface area contributed by atoms with E-state index in [1.54, 1.807) is 19.1 Å². The molecule has 3 nitrogen and oxygen atoms in total. The fourth-order valence-electron chi connectivity index (χ4n) is 1.25. The van der Waals surface area contributed by atoms with Crippen LogP contribution in [-0.2, 0) is 11.2 Å². The Balaban J connectivity index is 2.65. The SMILES string of the molecule is CC(CCc1cc(Cl)ccc1O)C(=O)O. The van der Waals surface area contributed by atoms with Crippen molar-refractivity contribution in [2.75, 3.05) is 0 Å². The van der Waals surface area contributed by atoms with E-state index in [2.05, 4.69) is 0 Å². The molecule has 0 aliphatic carbocycles. The van der Waals surface area contributed by atoms with Crippen LogP contribution in [0.3, 0.4) is 0 Å². The average molecular weight is 229 g/mol. The zero-order valence-corrected chi connectivity index (χ0v) is 9.16. The van der Waals surface area contributed by atoms with Gasteiger partial charge < -0.3 is 10.2 Å². The Kier molecular flexibility index (Phi) is 3.97. The van der Waals surface area contributed by atoms with Gasteiger partial charge in [-0.3, -0.25) is 4.79 Å². The second-order valence-electron chi connectivity index (χ2n) is 3.55. The van der Waals surface area contributed by atoms with E-state index in [1.165, 1.54) is 6.07 Å². The number of hydrogen-bond acceptors (Lipinski definition) is 2. The quantitative estimate of drug-likeness (QED) is 0.833. The normalized spacial score (nSPS) is 12.4. The van der Waals surface area contributed by atoms with Gasteiger partial charge in [-0.05, 0) is 36.6 Å². The molecule has 0 fully saturated rings. The molecule has 1 aromatic rings. The Morgan fingerprint density at radius 3 is 2.80 bits per heavy atom. The van der Waals surface area contributed by atoms with E-state index in [-0.39, 0.29) is 5.75 Å². The van der Waals surface area contributed by atoms with E-state index in [0.717, 1.165) is 0 Å². The van der Waals surface area contributed by atoms with E-state index in [1.807, 2.05) is 0 Å². The molecule has 1 rings (SSSR count). The average Bonchev–Trinajstić information content (AvgIpc) is 2.18. The Morgan fingerprint density at radius 2 is 2.20 bits per heavy atom. The van der Waals surface area contributed by atoms with Gasteiger partial charge in [-0.2, -0.15) is 0 Å². The second-order valence-corrected chi connectivity index (χ2v) is 3.99. The van der Waals surface area contributed by atoms with Gasteiger partial charge in [0.25, 0.3) is 0 Å². The molecule has 0 aliphatic heterocycles. The van der Waals surface area contributed by atoms with Crippen molar-refractivity contribution in [3.63, 3.8) is 0 Å². The molecule has 2 N–H and O–H groups in total. The number of carbonyl (C=O) groups is 1. The van der Waals surface area contributed by atoms with Crippen molar-refractivity contribution < 1.29 is 15.0 Å². The van der Waals surface area contributed by atoms with Gasteiger partial charge in [0.1, 0.15) is 5.75 Å². The zero-order valence-electron chi connectivity index (χ0n) is 8.40. The Bertz CT molecular complexity index is 363. The maximum Gasteiger partial charge on any atom is 0.306 e. The molecule has 1 aromatic carbocycles. The van der Waals surface area contributed by atoms with Crippen molar-refractivity contribution in [1.82, 2.24) is 0 Å². The van der Waals surface area contributed by atoms with Crippen LogP contribution in [0.1, 0.15) is 18.9 Å². The van der Waals surface area contributed by atoms with Crippen LogP contribution < -0.4 is 0 Å². The van der Waals surface area contributed by atoms with Crippen LogP contribution >= 0.6 is 11.6 Å². The van der Waals surface area contributed by atoms with Crippen molar-refractivity contribution in [2.45, 2.75) is 19.8 Å². The second kappa shape index (κ2) is 5.03. The van der Waals surface area contributed by atoms with Crippen LogP contribution in [0.5, 0.6) is 5.75 Å². The zero-order chi connectivity index (χ0) is 11.4. The summed E-state index contributed by atoms with van der Waals surface area (Å²) < 4.78 is 0. The minimum atomic E-state index is -0.823. The summed E-state index contributed by atoms with van der Waals surface area (Å²) in [7, 11) is 0. The number of halogens is 1. The first-order valence-corrected chi connectivity index (χ1v) is 5.08. The molecule has 82 valence electrons. The molecule has 0 heterocycles. The lowest BCUT2D eigenvalue weighted by molar-refractivity contribution is -0.141. The lowest BCUT2D eigenvalue weighted by Gasteiger charge is -2.07. The van der Waals surface area contributed by atoms with Gasteiger partial charge in [-0.1, -0.05) is 18.5 Å². The number of phenols is 1. The highest BCUT2D eigenvalue weighted by molar-refractivity contribution is 6.30. The van der Waals surface area contributed by atoms with Gasteiger partial charge in [-0.25, -0.2) is 0 Å². The molecule has 4 heteroatoms. The summed E-state index contributed by atoms with van der Waals surface area (Å²) in [4.78, 5) is 10.6. The lowest BCUT2D eigenvalue weighted by Crippen LogP contribution is -2.10. The summed E-state index contributed by atoms with van der Waals surface area (Å²) in [6.45, 7) is 1.64. The minimum Gasteiger partial charge on any atom is -0.508 e. The summed E-state index contributed by atoms with van der Waals surface area (Å²) in [5.74, 6) is -1.07. The van der Waals surface area contributed by atoms with Crippen LogP contribution in [0.4, 0.5) is 0 Å². The summed E-state index contributed by atoms with van der Waals surface area (Å²) in [6.07, 6.45) is 1.00. The monoisotopic (exact) mass is 228 g/mol. The van der Waals surface area contributed by atoms with Crippen molar-refractivity contribution in [3.8, 4) is 5.75 Å². The van der Waals surface area contributed by atoms with Gasteiger partial charge in [0.2, 0.25) is 0 Å². The molecule has 0 saturated carbocycles. The molecule has 0 spiro atoms. The number of phenolic OH excluding ortho intramolecular Hbond substituents is 1. The number of rotatable bonds is 4. The van der Waals surface area contributed by atoms with Gasteiger partial charge >= 0.3 is 5.97 Å². The molecule has 1 atom stereocenters. The summed E-state index contributed by atoms with van der Waals surface area (Å²) in [5, 5.41) is 18.7. The number of aliphatic carboxylic acids is 1. The highest BCUT2D eigenvalue weighted by Gasteiger charge is 2.12. The Labute approximate surface area is 93.3 Å². The van der Waals surface area contributed by atoms with E-state index in [4.69, 9.17) is 16.7 Å². The Morgan fingerprint density at radius 1 is 1.53 bits per heavy atom. The number of aromatic hydroxyl groups is 1. The van der Waals surface area contributed by atoms with Crippen LogP contribution in [0, 0.1) is 5.92 Å². The predicted molar refractivity (Wildman–Crippen MR) is 58.2 cm³/mol. The molecule has 0 aliphatic rings. The van der Waals surface area contributed by atoms with Gasteiger partial charge in [-0.15, -0.1) is 0 Å². The van der Waals surface area contributed by atoms with Gasteiger partial charge in [0.05, 0.1) is 5.92 Å². The molecule has 15 heavy (non-hydrogen) atoms. The lowest BCUT2D eigenvalue weighted by atomic mass is 10.0. The van der Waals surface area contributed by atoms with Crippen LogP contribution in [-0.4, -0.2) is 16.2 Å². The summed E-state index contributed by atoms with van der Waals surface area (Å²) >= 11 is 5.77. The third kappa shape index (κ3) is 3.44. The summed E-state index contributed by atoms with van der Waals surface area (Å²) in [5.41, 5.74) is 0.690. The molecule has 0 amide bonds. The number of aryl methyl sites for hydroxylation is 1. The van der Waals surface area contributed by atoms with Gasteiger partial charge in [0.15, 0.2) is 0 Å². The third-order valence-electron chi connectivity index (χ3n) is 2.31. The maximum absolute atomic E-state index is 10.6. The first-order valence-electron chi connectivity index (χ1n) is 4.71. The van der Waals surface area contributed by atoms with Crippen molar-refractivity contribution in [3.05, 3.63) is 28.8 Å². The Hall–Kier alpha value is -1.22. The first kappa shape index (κ1) is 11.9. The van der Waals surface area contributed by atoms with Crippen LogP contribution in [0.15, 0.2) is 18.2 Å². The molecular weight excluding hydrogens is 216 g/mol. The van der Waals surface area contributed by atoms with Crippen LogP contribution in [0.25, 0.3) is 0 Å². The highest BCUT2D eigenvalue weighted by Crippen LogP contribution is 2.23. The summed E-state index contributed by atoms with van der Waals surface area (Å²) in [6, 6.07) is 4.77. The largest absolute Gasteiger partial charge is 0.508 e. The number of benzene rings is 1.